The Morgan fingerprint density at radius 1 is 1.07 bits per heavy atom. The number of carbonyl (C=O) groups is 1. The molecule has 1 aliphatic carbocycles. The standard InChI is InChI=1S/C22H26FNO4S/c1-2-3-4-5-22(25)24(19-10-11-19)16-17-6-12-20(13-7-17)28-29(26,27)21-14-8-18(23)9-15-21/h6-9,12-15,19H,2-5,10-11,16H2,1H3. The maximum Gasteiger partial charge on any atom is 0.339 e. The first-order valence-electron chi connectivity index (χ1n) is 9.97. The van der Waals surface area contributed by atoms with Crippen molar-refractivity contribution >= 4 is 16.0 Å². The van der Waals surface area contributed by atoms with E-state index in [4.69, 9.17) is 4.18 Å². The number of hydrogen-bond donors (Lipinski definition) is 0. The predicted molar refractivity (Wildman–Crippen MR) is 108 cm³/mol. The molecule has 0 aromatic heterocycles. The van der Waals surface area contributed by atoms with Gasteiger partial charge in [-0.1, -0.05) is 31.9 Å². The zero-order valence-corrected chi connectivity index (χ0v) is 17.3. The van der Waals surface area contributed by atoms with E-state index in [0.717, 1.165) is 61.9 Å². The highest BCUT2D eigenvalue weighted by Gasteiger charge is 2.32. The Kier molecular flexibility index (Phi) is 6.90. The zero-order valence-electron chi connectivity index (χ0n) is 16.5. The van der Waals surface area contributed by atoms with Gasteiger partial charge in [0.1, 0.15) is 16.5 Å². The van der Waals surface area contributed by atoms with Gasteiger partial charge in [0.05, 0.1) is 0 Å². The van der Waals surface area contributed by atoms with Crippen LogP contribution in [0.1, 0.15) is 51.0 Å². The quantitative estimate of drug-likeness (QED) is 0.415. The van der Waals surface area contributed by atoms with E-state index < -0.39 is 15.9 Å². The number of amides is 1. The molecule has 0 heterocycles. The average Bonchev–Trinajstić information content (AvgIpc) is 3.52. The molecule has 2 aromatic carbocycles. The van der Waals surface area contributed by atoms with Gasteiger partial charge in [0.25, 0.3) is 0 Å². The molecule has 156 valence electrons. The summed E-state index contributed by atoms with van der Waals surface area (Å²) in [6, 6.07) is 11.5. The van der Waals surface area contributed by atoms with Gasteiger partial charge in [0.15, 0.2) is 0 Å². The van der Waals surface area contributed by atoms with Crippen LogP contribution in [0.3, 0.4) is 0 Å². The number of benzene rings is 2. The summed E-state index contributed by atoms with van der Waals surface area (Å²) < 4.78 is 42.7. The number of carbonyl (C=O) groups excluding carboxylic acids is 1. The smallest absolute Gasteiger partial charge is 0.339 e. The van der Waals surface area contributed by atoms with Crippen LogP contribution < -0.4 is 4.18 Å². The second kappa shape index (κ2) is 9.39. The highest BCUT2D eigenvalue weighted by atomic mass is 32.2. The van der Waals surface area contributed by atoms with Gasteiger partial charge in [0, 0.05) is 19.0 Å². The molecule has 0 unspecified atom stereocenters. The second-order valence-corrected chi connectivity index (χ2v) is 8.89. The second-order valence-electron chi connectivity index (χ2n) is 7.35. The molecule has 0 radical (unpaired) electrons. The Morgan fingerprint density at radius 3 is 2.31 bits per heavy atom. The van der Waals surface area contributed by atoms with Gasteiger partial charge in [-0.05, 0) is 61.2 Å². The third kappa shape index (κ3) is 6.03. The predicted octanol–water partition coefficient (Wildman–Crippen LogP) is 4.66. The lowest BCUT2D eigenvalue weighted by molar-refractivity contribution is -0.132. The minimum Gasteiger partial charge on any atom is -0.379 e. The van der Waals surface area contributed by atoms with Gasteiger partial charge < -0.3 is 9.08 Å². The van der Waals surface area contributed by atoms with E-state index in [9.17, 15) is 17.6 Å². The molecule has 29 heavy (non-hydrogen) atoms. The lowest BCUT2D eigenvalue weighted by Gasteiger charge is -2.23. The van der Waals surface area contributed by atoms with E-state index >= 15 is 0 Å². The first kappa shape index (κ1) is 21.3. The van der Waals surface area contributed by atoms with Gasteiger partial charge in [-0.3, -0.25) is 4.79 Å². The highest BCUT2D eigenvalue weighted by molar-refractivity contribution is 7.87. The number of unbranched alkanes of at least 4 members (excludes halogenated alkanes) is 2. The summed E-state index contributed by atoms with van der Waals surface area (Å²) in [4.78, 5) is 14.4. The van der Waals surface area contributed by atoms with Gasteiger partial charge >= 0.3 is 10.1 Å². The fourth-order valence-corrected chi connectivity index (χ4v) is 4.03. The molecule has 0 spiro atoms. The van der Waals surface area contributed by atoms with Crippen LogP contribution in [0.15, 0.2) is 53.4 Å². The Hall–Kier alpha value is -2.41. The fourth-order valence-electron chi connectivity index (χ4n) is 3.10. The Labute approximate surface area is 171 Å². The molecular weight excluding hydrogens is 393 g/mol. The summed E-state index contributed by atoms with van der Waals surface area (Å²) >= 11 is 0. The molecule has 3 rings (SSSR count). The van der Waals surface area contributed by atoms with Crippen molar-refractivity contribution in [3.8, 4) is 5.75 Å². The summed E-state index contributed by atoms with van der Waals surface area (Å²) in [5.74, 6) is -0.164. The van der Waals surface area contributed by atoms with Crippen molar-refractivity contribution in [1.82, 2.24) is 4.90 Å². The van der Waals surface area contributed by atoms with E-state index in [-0.39, 0.29) is 16.6 Å². The number of hydrogen-bond acceptors (Lipinski definition) is 4. The molecule has 2 aromatic rings. The maximum absolute atomic E-state index is 13.0. The minimum atomic E-state index is -4.03. The largest absolute Gasteiger partial charge is 0.379 e. The Balaban J connectivity index is 1.63. The number of halogens is 1. The number of nitrogens with zero attached hydrogens (tertiary/aromatic N) is 1. The maximum atomic E-state index is 13.0. The minimum absolute atomic E-state index is 0.111. The molecule has 5 nitrogen and oxygen atoms in total. The van der Waals surface area contributed by atoms with Crippen molar-refractivity contribution in [2.24, 2.45) is 0 Å². The van der Waals surface area contributed by atoms with Crippen LogP contribution >= 0.6 is 0 Å². The van der Waals surface area contributed by atoms with Crippen molar-refractivity contribution < 1.29 is 21.8 Å². The lowest BCUT2D eigenvalue weighted by Crippen LogP contribution is -2.32. The van der Waals surface area contributed by atoms with Crippen LogP contribution in [0, 0.1) is 5.82 Å². The molecule has 7 heteroatoms. The van der Waals surface area contributed by atoms with Crippen molar-refractivity contribution in [2.75, 3.05) is 0 Å². The van der Waals surface area contributed by atoms with Crippen molar-refractivity contribution in [2.45, 2.75) is 62.9 Å². The highest BCUT2D eigenvalue weighted by Crippen LogP contribution is 2.30. The monoisotopic (exact) mass is 419 g/mol. The molecular formula is C22H26FNO4S. The van der Waals surface area contributed by atoms with E-state index in [1.807, 2.05) is 4.90 Å². The summed E-state index contributed by atoms with van der Waals surface area (Å²) in [7, 11) is -4.03. The van der Waals surface area contributed by atoms with Gasteiger partial charge in [-0.2, -0.15) is 8.42 Å². The SMILES string of the molecule is CCCCCC(=O)N(Cc1ccc(OS(=O)(=O)c2ccc(F)cc2)cc1)C1CC1. The molecule has 0 saturated heterocycles. The van der Waals surface area contributed by atoms with E-state index in [1.165, 1.54) is 0 Å². The van der Waals surface area contributed by atoms with Gasteiger partial charge in [-0.25, -0.2) is 4.39 Å². The van der Waals surface area contributed by atoms with E-state index in [2.05, 4.69) is 6.92 Å². The molecule has 1 saturated carbocycles. The first-order valence-corrected chi connectivity index (χ1v) is 11.4. The molecule has 0 bridgehead atoms. The topological polar surface area (TPSA) is 63.7 Å². The van der Waals surface area contributed by atoms with E-state index in [0.29, 0.717) is 19.0 Å². The van der Waals surface area contributed by atoms with Crippen LogP contribution in [-0.4, -0.2) is 25.3 Å². The van der Waals surface area contributed by atoms with Crippen LogP contribution in [0.25, 0.3) is 0 Å². The van der Waals surface area contributed by atoms with Crippen LogP contribution in [0.5, 0.6) is 5.75 Å². The first-order chi connectivity index (χ1) is 13.9. The molecule has 1 amide bonds. The summed E-state index contributed by atoms with van der Waals surface area (Å²) in [5, 5.41) is 0. The van der Waals surface area contributed by atoms with Crippen LogP contribution in [0.2, 0.25) is 0 Å². The number of rotatable bonds is 10. The van der Waals surface area contributed by atoms with Crippen molar-refractivity contribution in [3.63, 3.8) is 0 Å². The third-order valence-corrected chi connectivity index (χ3v) is 6.15. The van der Waals surface area contributed by atoms with Gasteiger partial charge in [-0.15, -0.1) is 0 Å². The van der Waals surface area contributed by atoms with Crippen LogP contribution in [-0.2, 0) is 21.5 Å². The fraction of sp³-hybridized carbons (Fsp3) is 0.409. The summed E-state index contributed by atoms with van der Waals surface area (Å²) in [6.45, 7) is 2.63. The van der Waals surface area contributed by atoms with Crippen molar-refractivity contribution in [1.29, 1.82) is 0 Å². The summed E-state index contributed by atoms with van der Waals surface area (Å²) in [5.41, 5.74) is 0.923. The average molecular weight is 420 g/mol. The lowest BCUT2D eigenvalue weighted by atomic mass is 10.1. The van der Waals surface area contributed by atoms with Gasteiger partial charge in [0.2, 0.25) is 5.91 Å². The molecule has 1 fully saturated rings. The summed E-state index contributed by atoms with van der Waals surface area (Å²) in [6.07, 6.45) is 5.69. The molecule has 1 aliphatic rings. The normalized spacial score (nSPS) is 13.9. The molecule has 0 atom stereocenters. The Morgan fingerprint density at radius 2 is 1.72 bits per heavy atom. The third-order valence-electron chi connectivity index (χ3n) is 4.89. The van der Waals surface area contributed by atoms with E-state index in [1.54, 1.807) is 24.3 Å². The van der Waals surface area contributed by atoms with Crippen LogP contribution in [0.4, 0.5) is 4.39 Å². The Bertz CT molecular complexity index is 922. The van der Waals surface area contributed by atoms with Crippen molar-refractivity contribution in [3.05, 3.63) is 59.9 Å². The zero-order chi connectivity index (χ0) is 20.9. The molecule has 0 N–H and O–H groups in total. The molecule has 0 aliphatic heterocycles.